The van der Waals surface area contributed by atoms with Gasteiger partial charge >= 0.3 is 0 Å². The number of aromatic nitrogens is 2. The number of nitrogens with one attached hydrogen (secondary N) is 2. The van der Waals surface area contributed by atoms with E-state index in [9.17, 15) is 14.4 Å². The number of rotatable bonds is 8. The molecule has 0 radical (unpaired) electrons. The van der Waals surface area contributed by atoms with Gasteiger partial charge in [-0.05, 0) is 26.7 Å². The summed E-state index contributed by atoms with van der Waals surface area (Å²) in [5.41, 5.74) is -0.577. The van der Waals surface area contributed by atoms with Crippen molar-refractivity contribution < 1.29 is 18.9 Å². The average molecular weight is 463 g/mol. The molecule has 0 aromatic carbocycles. The normalized spacial score (nSPS) is 19.2. The molecule has 184 valence electrons. The van der Waals surface area contributed by atoms with Crippen LogP contribution < -0.4 is 10.6 Å². The van der Waals surface area contributed by atoms with Crippen LogP contribution in [0.2, 0.25) is 0 Å². The number of aryl methyl sites for hydroxylation is 1. The molecule has 0 spiro atoms. The first-order valence-corrected chi connectivity index (χ1v) is 12.2. The molecule has 1 aromatic rings. The van der Waals surface area contributed by atoms with Gasteiger partial charge in [-0.2, -0.15) is 4.98 Å². The van der Waals surface area contributed by atoms with Crippen LogP contribution in [0.4, 0.5) is 0 Å². The highest BCUT2D eigenvalue weighted by Crippen LogP contribution is 2.34. The smallest absolute Gasteiger partial charge is 0.234 e. The van der Waals surface area contributed by atoms with E-state index in [0.717, 1.165) is 38.5 Å². The maximum absolute atomic E-state index is 12.7. The van der Waals surface area contributed by atoms with Gasteiger partial charge in [-0.15, -0.1) is 0 Å². The topological polar surface area (TPSA) is 121 Å². The Morgan fingerprint density at radius 2 is 1.73 bits per heavy atom. The minimum atomic E-state index is -0.577. The molecule has 1 aromatic heterocycles. The van der Waals surface area contributed by atoms with Gasteiger partial charge in [0.15, 0.2) is 5.82 Å². The van der Waals surface area contributed by atoms with Crippen LogP contribution in [0.25, 0.3) is 0 Å². The summed E-state index contributed by atoms with van der Waals surface area (Å²) in [6, 6.07) is 0.126. The van der Waals surface area contributed by atoms with Gasteiger partial charge < -0.3 is 20.1 Å². The second-order valence-electron chi connectivity index (χ2n) is 9.57. The number of piperazine rings is 1. The quantitative estimate of drug-likeness (QED) is 0.560. The number of nitrogens with zero attached hydrogens (tertiary/aromatic N) is 4. The minimum Gasteiger partial charge on any atom is -0.353 e. The van der Waals surface area contributed by atoms with Crippen molar-refractivity contribution in [2.24, 2.45) is 0 Å². The van der Waals surface area contributed by atoms with Crippen molar-refractivity contribution in [1.82, 2.24) is 30.6 Å². The van der Waals surface area contributed by atoms with E-state index in [1.165, 1.54) is 6.92 Å². The monoisotopic (exact) mass is 462 g/mol. The molecule has 2 heterocycles. The second-order valence-corrected chi connectivity index (χ2v) is 9.57. The Balaban J connectivity index is 1.49. The van der Waals surface area contributed by atoms with Crippen molar-refractivity contribution in [3.63, 3.8) is 0 Å². The molecule has 3 amide bonds. The summed E-state index contributed by atoms with van der Waals surface area (Å²) in [6.07, 6.45) is 6.55. The summed E-state index contributed by atoms with van der Waals surface area (Å²) >= 11 is 0. The average Bonchev–Trinajstić information content (AvgIpc) is 3.12. The van der Waals surface area contributed by atoms with Crippen molar-refractivity contribution in [2.75, 3.05) is 32.7 Å². The lowest BCUT2D eigenvalue weighted by atomic mass is 9.89. The summed E-state index contributed by atoms with van der Waals surface area (Å²) in [7, 11) is 0. The maximum Gasteiger partial charge on any atom is 0.234 e. The highest BCUT2D eigenvalue weighted by Gasteiger charge is 2.38. The summed E-state index contributed by atoms with van der Waals surface area (Å²) in [5, 5.41) is 10.2. The second kappa shape index (κ2) is 11.6. The molecule has 1 aliphatic carbocycles. The van der Waals surface area contributed by atoms with Crippen LogP contribution in [-0.4, -0.2) is 76.4 Å². The lowest BCUT2D eigenvalue weighted by Gasteiger charge is -2.34. The lowest BCUT2D eigenvalue weighted by Crippen LogP contribution is -2.51. The molecule has 1 aliphatic heterocycles. The first-order valence-electron chi connectivity index (χ1n) is 12.2. The first-order chi connectivity index (χ1) is 15.8. The molecular weight excluding hydrogens is 424 g/mol. The Labute approximate surface area is 195 Å². The fourth-order valence-corrected chi connectivity index (χ4v) is 4.72. The molecule has 33 heavy (non-hydrogen) atoms. The molecule has 0 unspecified atom stereocenters. The summed E-state index contributed by atoms with van der Waals surface area (Å²) < 4.78 is 5.46. The van der Waals surface area contributed by atoms with E-state index in [-0.39, 0.29) is 23.8 Å². The van der Waals surface area contributed by atoms with Crippen LogP contribution in [0.1, 0.15) is 77.4 Å². The number of amides is 3. The largest absolute Gasteiger partial charge is 0.353 e. The van der Waals surface area contributed by atoms with Crippen molar-refractivity contribution in [2.45, 2.75) is 83.7 Å². The molecule has 1 saturated carbocycles. The van der Waals surface area contributed by atoms with E-state index in [4.69, 9.17) is 4.52 Å². The summed E-state index contributed by atoms with van der Waals surface area (Å²) in [5.74, 6) is 0.917. The van der Waals surface area contributed by atoms with Gasteiger partial charge in [0.25, 0.3) is 0 Å². The van der Waals surface area contributed by atoms with Gasteiger partial charge in [0.05, 0.1) is 6.54 Å². The van der Waals surface area contributed by atoms with E-state index in [2.05, 4.69) is 25.7 Å². The zero-order valence-corrected chi connectivity index (χ0v) is 20.2. The molecule has 3 rings (SSSR count). The highest BCUT2D eigenvalue weighted by atomic mass is 16.5. The van der Waals surface area contributed by atoms with Gasteiger partial charge in [-0.1, -0.05) is 30.8 Å². The third-order valence-electron chi connectivity index (χ3n) is 6.36. The molecule has 2 N–H and O–H groups in total. The lowest BCUT2D eigenvalue weighted by molar-refractivity contribution is -0.133. The van der Waals surface area contributed by atoms with Crippen LogP contribution >= 0.6 is 0 Å². The number of hydrogen-bond donors (Lipinski definition) is 2. The van der Waals surface area contributed by atoms with Gasteiger partial charge in [0.2, 0.25) is 23.6 Å². The number of hydrogen-bond acceptors (Lipinski definition) is 7. The van der Waals surface area contributed by atoms with Gasteiger partial charge in [0, 0.05) is 52.0 Å². The van der Waals surface area contributed by atoms with Gasteiger partial charge in [-0.25, -0.2) is 0 Å². The maximum atomic E-state index is 12.7. The zero-order valence-electron chi connectivity index (χ0n) is 20.2. The molecule has 2 aliphatic rings. The van der Waals surface area contributed by atoms with Gasteiger partial charge in [0.1, 0.15) is 5.54 Å². The molecule has 1 saturated heterocycles. The van der Waals surface area contributed by atoms with Crippen molar-refractivity contribution in [3.05, 3.63) is 11.7 Å². The van der Waals surface area contributed by atoms with Crippen LogP contribution in [0.5, 0.6) is 0 Å². The SMILES string of the molecule is CC(=O)NC1(c2noc(CCC(=O)N3CCN(CC(=O)NC(C)C)CC3)n2)CCCCCC1. The standard InChI is InChI=1S/C23H38N6O4/c1-17(2)24-19(31)16-28-12-14-29(15-13-28)21(32)9-8-20-25-22(27-33-20)23(26-18(3)30)10-6-4-5-7-11-23/h17H,4-16H2,1-3H3,(H,24,31)(H,26,30). The van der Waals surface area contributed by atoms with Crippen LogP contribution in [0.3, 0.4) is 0 Å². The minimum absolute atomic E-state index is 0.0164. The fourth-order valence-electron chi connectivity index (χ4n) is 4.72. The predicted molar refractivity (Wildman–Crippen MR) is 122 cm³/mol. The Kier molecular flexibility index (Phi) is 8.82. The van der Waals surface area contributed by atoms with E-state index < -0.39 is 5.54 Å². The third-order valence-corrected chi connectivity index (χ3v) is 6.36. The van der Waals surface area contributed by atoms with Crippen LogP contribution in [0.15, 0.2) is 4.52 Å². The van der Waals surface area contributed by atoms with Crippen LogP contribution in [0, 0.1) is 0 Å². The Bertz CT molecular complexity index is 808. The molecular formula is C23H38N6O4. The Morgan fingerprint density at radius 3 is 2.33 bits per heavy atom. The predicted octanol–water partition coefficient (Wildman–Crippen LogP) is 1.36. The van der Waals surface area contributed by atoms with Crippen LogP contribution in [-0.2, 0) is 26.3 Å². The number of carbonyl (C=O) groups excluding carboxylic acids is 3. The number of carbonyl (C=O) groups is 3. The molecule has 2 fully saturated rings. The highest BCUT2D eigenvalue weighted by molar-refractivity contribution is 5.78. The summed E-state index contributed by atoms with van der Waals surface area (Å²) in [6.45, 7) is 8.34. The Hall–Kier alpha value is -2.49. The first kappa shape index (κ1) is 25.1. The summed E-state index contributed by atoms with van der Waals surface area (Å²) in [4.78, 5) is 45.0. The fraction of sp³-hybridized carbons (Fsp3) is 0.783. The van der Waals surface area contributed by atoms with E-state index in [1.807, 2.05) is 18.7 Å². The Morgan fingerprint density at radius 1 is 1.06 bits per heavy atom. The molecule has 10 heteroatoms. The molecule has 0 bridgehead atoms. The van der Waals surface area contributed by atoms with Crippen molar-refractivity contribution in [3.8, 4) is 0 Å². The van der Waals surface area contributed by atoms with Gasteiger partial charge in [-0.3, -0.25) is 19.3 Å². The van der Waals surface area contributed by atoms with E-state index in [0.29, 0.717) is 57.3 Å². The van der Waals surface area contributed by atoms with Crippen molar-refractivity contribution in [1.29, 1.82) is 0 Å². The van der Waals surface area contributed by atoms with Crippen molar-refractivity contribution >= 4 is 17.7 Å². The zero-order chi connectivity index (χ0) is 23.8. The third kappa shape index (κ3) is 7.25. The van der Waals surface area contributed by atoms with E-state index >= 15 is 0 Å². The van der Waals surface area contributed by atoms with E-state index in [1.54, 1.807) is 0 Å². The molecule has 10 nitrogen and oxygen atoms in total. The molecule has 0 atom stereocenters.